The summed E-state index contributed by atoms with van der Waals surface area (Å²) in [5.41, 5.74) is 12.7. The molecule has 0 aliphatic heterocycles. The molecule has 9 aromatic rings. The Morgan fingerprint density at radius 2 is 1.12 bits per heavy atom. The Morgan fingerprint density at radius 3 is 1.78 bits per heavy atom. The van der Waals surface area contributed by atoms with Crippen molar-refractivity contribution in [1.29, 1.82) is 0 Å². The maximum atomic E-state index is 12.5. The molecule has 1 N–H and O–H groups in total. The van der Waals surface area contributed by atoms with E-state index in [4.69, 9.17) is 11.3 Å². The summed E-state index contributed by atoms with van der Waals surface area (Å²) in [6, 6.07) is 48.5. The van der Waals surface area contributed by atoms with Gasteiger partial charge in [0.05, 0.1) is 28.0 Å². The third-order valence-electron chi connectivity index (χ3n) is 13.0. The predicted octanol–water partition coefficient (Wildman–Crippen LogP) is 18.1. The van der Waals surface area contributed by atoms with E-state index in [2.05, 4.69) is 36.4 Å². The minimum absolute atomic E-state index is 0.0165. The maximum absolute atomic E-state index is 12.5. The van der Waals surface area contributed by atoms with Gasteiger partial charge in [0.2, 0.25) is 0 Å². The van der Waals surface area contributed by atoms with E-state index in [1.165, 1.54) is 0 Å². The molecule has 68 heavy (non-hydrogen) atoms. The molecule has 2 heterocycles. The van der Waals surface area contributed by atoms with Crippen molar-refractivity contribution in [2.75, 3.05) is 0 Å². The zero-order valence-corrected chi connectivity index (χ0v) is 40.8. The highest BCUT2D eigenvalue weighted by atomic mass is 16.3. The monoisotopic (exact) mass is 900 g/mol. The normalized spacial score (nSPS) is 14.6. The van der Waals surface area contributed by atoms with Gasteiger partial charge in [-0.15, -0.1) is 0 Å². The van der Waals surface area contributed by atoms with Gasteiger partial charge >= 0.3 is 0 Å². The molecule has 342 valence electrons. The van der Waals surface area contributed by atoms with E-state index in [0.717, 1.165) is 50.2 Å². The summed E-state index contributed by atoms with van der Waals surface area (Å²) in [4.78, 5) is 10.3. The Balaban J connectivity index is 1.35. The number of aromatic nitrogens is 3. The van der Waals surface area contributed by atoms with Crippen LogP contribution in [0.2, 0.25) is 0 Å². The molecule has 0 fully saturated rings. The number of fused-ring (bicyclic) bond motifs is 1. The zero-order chi connectivity index (χ0) is 55.1. The number of phenols is 1. The van der Waals surface area contributed by atoms with E-state index in [9.17, 15) is 14.7 Å². The van der Waals surface area contributed by atoms with Gasteiger partial charge in [0.1, 0.15) is 11.6 Å². The van der Waals surface area contributed by atoms with E-state index in [1.807, 2.05) is 105 Å². The van der Waals surface area contributed by atoms with Crippen LogP contribution in [0.4, 0.5) is 0 Å². The van der Waals surface area contributed by atoms with Crippen molar-refractivity contribution in [3.05, 3.63) is 191 Å². The fraction of sp³-hybridized carbons (Fsp3) is 0.250. The van der Waals surface area contributed by atoms with Gasteiger partial charge in [0.25, 0.3) is 0 Å². The number of para-hydroxylation sites is 1. The fourth-order valence-corrected chi connectivity index (χ4v) is 9.31. The topological polar surface area (TPSA) is 50.9 Å². The number of rotatable bonds is 12. The molecule has 0 bridgehead atoms. The minimum Gasteiger partial charge on any atom is -0.507 e. The van der Waals surface area contributed by atoms with E-state index >= 15 is 0 Å². The van der Waals surface area contributed by atoms with Crippen LogP contribution < -0.4 is 0 Å². The lowest BCUT2D eigenvalue weighted by atomic mass is 9.84. The number of nitrogens with zero attached hydrogens (tertiary/aromatic N) is 3. The lowest BCUT2D eigenvalue weighted by molar-refractivity contribution is 0.466. The first kappa shape index (κ1) is 37.0. The van der Waals surface area contributed by atoms with Crippen LogP contribution in [0.5, 0.6) is 5.75 Å². The number of aromatic hydroxyl groups is 1. The Kier molecular flexibility index (Phi) is 10.3. The van der Waals surface area contributed by atoms with E-state index in [0.29, 0.717) is 38.9 Å². The molecule has 0 saturated heterocycles. The van der Waals surface area contributed by atoms with Crippen molar-refractivity contribution in [1.82, 2.24) is 14.5 Å². The Morgan fingerprint density at radius 1 is 0.485 bits per heavy atom. The lowest BCUT2D eigenvalue weighted by Gasteiger charge is -2.22. The number of benzene rings is 7. The van der Waals surface area contributed by atoms with Crippen LogP contribution in [0.15, 0.2) is 158 Å². The molecule has 2 aromatic heterocycles. The van der Waals surface area contributed by atoms with Crippen LogP contribution >= 0.6 is 0 Å². The van der Waals surface area contributed by atoms with Gasteiger partial charge < -0.3 is 5.11 Å². The number of pyridine rings is 1. The van der Waals surface area contributed by atoms with Crippen LogP contribution in [0.1, 0.15) is 143 Å². The van der Waals surface area contributed by atoms with Crippen LogP contribution in [0, 0.1) is 6.85 Å². The third kappa shape index (κ3) is 8.81. The van der Waals surface area contributed by atoms with Crippen molar-refractivity contribution in [3.63, 3.8) is 0 Å². The summed E-state index contributed by atoms with van der Waals surface area (Å²) >= 11 is 0. The number of phenolic OH excluding ortho intramolecular Hbond substituents is 1. The van der Waals surface area contributed by atoms with Gasteiger partial charge in [0, 0.05) is 28.3 Å². The minimum atomic E-state index is -2.71. The SMILES string of the molecule is [2H]C([2H])([2H])c1cc(-c2c(C([2H])(C)C)cccc2C([2H])(C)C)ccc1-n1c(-c2cc(C([2H])(C)C)cc(C([2H])(C)C)c2O)nc2c(-c3cc(-c4ccccc4)cc(-c4cc(-c5ccc(C([2H])(C)C)cc5)ccn4)c3)cccc21. The predicted molar refractivity (Wildman–Crippen MR) is 288 cm³/mol. The van der Waals surface area contributed by atoms with Gasteiger partial charge in [-0.2, -0.15) is 0 Å². The van der Waals surface area contributed by atoms with Crippen molar-refractivity contribution >= 4 is 11.0 Å². The van der Waals surface area contributed by atoms with Crippen molar-refractivity contribution in [3.8, 4) is 78.6 Å². The third-order valence-corrected chi connectivity index (χ3v) is 13.0. The lowest BCUT2D eigenvalue weighted by Crippen LogP contribution is -2.04. The average molecular weight is 900 g/mol. The highest BCUT2D eigenvalue weighted by Crippen LogP contribution is 2.45. The highest BCUT2D eigenvalue weighted by molar-refractivity contribution is 5.98. The number of hydrogen-bond acceptors (Lipinski definition) is 3. The smallest absolute Gasteiger partial charge is 0.149 e. The van der Waals surface area contributed by atoms with Crippen LogP contribution in [-0.2, 0) is 0 Å². The second kappa shape index (κ2) is 18.9. The molecular weight excluding hydrogens is 827 g/mol. The first-order chi connectivity index (χ1) is 35.4. The molecule has 4 heteroatoms. The largest absolute Gasteiger partial charge is 0.507 e. The van der Waals surface area contributed by atoms with Crippen molar-refractivity contribution < 1.29 is 16.1 Å². The molecule has 0 aliphatic rings. The van der Waals surface area contributed by atoms with Gasteiger partial charge in [-0.05, 0) is 163 Å². The summed E-state index contributed by atoms with van der Waals surface area (Å²) in [6.45, 7) is 15.0. The summed E-state index contributed by atoms with van der Waals surface area (Å²) in [7, 11) is 0. The fourth-order valence-electron chi connectivity index (χ4n) is 9.31. The Bertz CT molecular complexity index is 3620. The van der Waals surface area contributed by atoms with Crippen molar-refractivity contribution in [2.45, 2.75) is 106 Å². The summed E-state index contributed by atoms with van der Waals surface area (Å²) < 4.78 is 74.7. The number of imidazole rings is 1. The summed E-state index contributed by atoms with van der Waals surface area (Å²) in [6.07, 6.45) is 1.80. The van der Waals surface area contributed by atoms with Gasteiger partial charge in [-0.25, -0.2) is 4.98 Å². The quantitative estimate of drug-likeness (QED) is 0.133. The summed E-state index contributed by atoms with van der Waals surface area (Å²) in [5, 5.41) is 12.5. The van der Waals surface area contributed by atoms with Crippen molar-refractivity contribution in [2.24, 2.45) is 0 Å². The van der Waals surface area contributed by atoms with E-state index < -0.39 is 36.3 Å². The molecule has 0 spiro atoms. The highest BCUT2D eigenvalue weighted by Gasteiger charge is 2.25. The van der Waals surface area contributed by atoms with Crippen LogP contribution in [-0.4, -0.2) is 19.6 Å². The first-order valence-corrected chi connectivity index (χ1v) is 23.4. The second-order valence-corrected chi connectivity index (χ2v) is 19.0. The number of aryl methyl sites for hydroxylation is 1. The Labute approximate surface area is 415 Å². The van der Waals surface area contributed by atoms with Gasteiger partial charge in [-0.1, -0.05) is 166 Å². The summed E-state index contributed by atoms with van der Waals surface area (Å²) in [5.74, 6) is -5.40. The molecule has 4 nitrogen and oxygen atoms in total. The van der Waals surface area contributed by atoms with E-state index in [1.54, 1.807) is 90.4 Å². The number of hydrogen-bond donors (Lipinski definition) is 1. The zero-order valence-electron chi connectivity index (χ0n) is 48.8. The molecule has 0 unspecified atom stereocenters. The second-order valence-electron chi connectivity index (χ2n) is 19.0. The van der Waals surface area contributed by atoms with E-state index in [-0.39, 0.29) is 34.0 Å². The molecule has 0 atom stereocenters. The van der Waals surface area contributed by atoms with Crippen LogP contribution in [0.3, 0.4) is 0 Å². The van der Waals surface area contributed by atoms with Crippen LogP contribution in [0.25, 0.3) is 83.9 Å². The maximum Gasteiger partial charge on any atom is 0.149 e. The molecule has 0 amide bonds. The molecule has 0 saturated carbocycles. The molecule has 7 aromatic carbocycles. The molecule has 9 rings (SSSR count). The van der Waals surface area contributed by atoms with Gasteiger partial charge in [0.15, 0.2) is 0 Å². The first-order valence-electron chi connectivity index (χ1n) is 27.4. The standard InChI is InChI=1S/C64H65N3O/c1-38(2)44-23-25-46(26-24-44)47-29-30-65-58(37-47)52-33-50(45-17-13-12-14-18-45)32-51(34-52)55-21-16-22-60-62(55)66-64(57-36-49(39(3)4)35-56(42(9)10)63(57)68)67(60)59-28-27-48(31-43(59)11)61-53(40(5)6)19-15-20-54(61)41(7)8/h12-42,68H,1-11H3/i11D3,38D,39D,40D,41D,42D. The molecule has 0 aliphatic carbocycles. The van der Waals surface area contributed by atoms with Gasteiger partial charge in [-0.3, -0.25) is 9.55 Å². The molecular formula is C64H65N3O. The molecule has 0 radical (unpaired) electrons. The Hall–Kier alpha value is -7.04. The average Bonchev–Trinajstić information content (AvgIpc) is 3.74.